The second-order valence-electron chi connectivity index (χ2n) is 5.61. The number of nitrogens with two attached hydrogens (primary N) is 1. The molecule has 0 unspecified atom stereocenters. The molecule has 2 N–H and O–H groups in total. The van der Waals surface area contributed by atoms with Crippen molar-refractivity contribution in [1.82, 2.24) is 4.90 Å². The molecule has 0 fully saturated rings. The molecule has 0 radical (unpaired) electrons. The van der Waals surface area contributed by atoms with Crippen LogP contribution < -0.4 is 5.73 Å². The van der Waals surface area contributed by atoms with E-state index < -0.39 is 0 Å². The zero-order chi connectivity index (χ0) is 12.8. The Kier molecular flexibility index (Phi) is 6.46. The van der Waals surface area contributed by atoms with Crippen LogP contribution >= 0.6 is 0 Å². The molecule has 0 amide bonds. The van der Waals surface area contributed by atoms with Gasteiger partial charge in [-0.3, -0.25) is 4.99 Å². The van der Waals surface area contributed by atoms with E-state index in [1.165, 1.54) is 6.42 Å². The lowest BCUT2D eigenvalue weighted by molar-refractivity contribution is 0.296. The molecule has 0 atom stereocenters. The number of hydrogen-bond donors (Lipinski definition) is 1. The van der Waals surface area contributed by atoms with Gasteiger partial charge < -0.3 is 10.6 Å². The highest BCUT2D eigenvalue weighted by Crippen LogP contribution is 2.25. The summed E-state index contributed by atoms with van der Waals surface area (Å²) < 4.78 is 0. The number of hydrogen-bond acceptors (Lipinski definition) is 1. The van der Waals surface area contributed by atoms with Gasteiger partial charge in [0.15, 0.2) is 5.96 Å². The fraction of sp³-hybridized carbons (Fsp3) is 0.923. The highest BCUT2D eigenvalue weighted by molar-refractivity contribution is 5.78. The summed E-state index contributed by atoms with van der Waals surface area (Å²) >= 11 is 0. The van der Waals surface area contributed by atoms with Gasteiger partial charge >= 0.3 is 0 Å². The zero-order valence-corrected chi connectivity index (χ0v) is 11.9. The maximum atomic E-state index is 5.95. The van der Waals surface area contributed by atoms with Crippen molar-refractivity contribution in [1.29, 1.82) is 0 Å². The van der Waals surface area contributed by atoms with E-state index in [-0.39, 0.29) is 5.41 Å². The Labute approximate surface area is 101 Å². The van der Waals surface area contributed by atoms with Gasteiger partial charge in [0.1, 0.15) is 0 Å². The van der Waals surface area contributed by atoms with Gasteiger partial charge in [0.2, 0.25) is 0 Å². The van der Waals surface area contributed by atoms with E-state index in [2.05, 4.69) is 51.4 Å². The molecule has 0 aromatic carbocycles. The van der Waals surface area contributed by atoms with Crippen molar-refractivity contribution >= 4 is 5.96 Å². The summed E-state index contributed by atoms with van der Waals surface area (Å²) in [7, 11) is 0. The van der Waals surface area contributed by atoms with Gasteiger partial charge in [0, 0.05) is 19.6 Å². The zero-order valence-electron chi connectivity index (χ0n) is 11.9. The van der Waals surface area contributed by atoms with Gasteiger partial charge in [-0.1, -0.05) is 27.7 Å². The predicted octanol–water partition coefficient (Wildman–Crippen LogP) is 2.72. The Morgan fingerprint density at radius 1 is 1.25 bits per heavy atom. The molecule has 0 aliphatic carbocycles. The SMILES string of the molecule is CCN(CC)C(N)=NCC(C)(C)CC(C)C. The average molecular weight is 227 g/mol. The molecule has 0 saturated carbocycles. The van der Waals surface area contributed by atoms with E-state index in [0.717, 1.165) is 19.6 Å². The molecule has 0 saturated heterocycles. The molecule has 3 nitrogen and oxygen atoms in total. The van der Waals surface area contributed by atoms with E-state index >= 15 is 0 Å². The number of nitrogens with zero attached hydrogens (tertiary/aromatic N) is 2. The quantitative estimate of drug-likeness (QED) is 0.560. The molecule has 16 heavy (non-hydrogen) atoms. The lowest BCUT2D eigenvalue weighted by Crippen LogP contribution is -2.38. The molecule has 0 aliphatic rings. The lowest BCUT2D eigenvalue weighted by atomic mass is 9.84. The fourth-order valence-corrected chi connectivity index (χ4v) is 2.11. The minimum absolute atomic E-state index is 0.242. The first-order valence-corrected chi connectivity index (χ1v) is 6.37. The fourth-order valence-electron chi connectivity index (χ4n) is 2.11. The van der Waals surface area contributed by atoms with Crippen molar-refractivity contribution in [2.24, 2.45) is 22.1 Å². The number of guanidine groups is 1. The standard InChI is InChI=1S/C13H29N3/c1-7-16(8-2)12(14)15-10-13(5,6)9-11(3)4/h11H,7-10H2,1-6H3,(H2,14,15). The highest BCUT2D eigenvalue weighted by Gasteiger charge is 2.19. The molecule has 0 spiro atoms. The maximum absolute atomic E-state index is 5.95. The highest BCUT2D eigenvalue weighted by atomic mass is 15.2. The van der Waals surface area contributed by atoms with Crippen LogP contribution in [0.25, 0.3) is 0 Å². The van der Waals surface area contributed by atoms with Gasteiger partial charge in [0.25, 0.3) is 0 Å². The molecule has 0 rings (SSSR count). The van der Waals surface area contributed by atoms with Crippen LogP contribution in [-0.4, -0.2) is 30.5 Å². The molecule has 0 aromatic heterocycles. The lowest BCUT2D eigenvalue weighted by Gasteiger charge is -2.26. The van der Waals surface area contributed by atoms with Crippen LogP contribution in [0.3, 0.4) is 0 Å². The Balaban J connectivity index is 4.33. The minimum Gasteiger partial charge on any atom is -0.370 e. The van der Waals surface area contributed by atoms with E-state index in [4.69, 9.17) is 5.73 Å². The average Bonchev–Trinajstić information content (AvgIpc) is 2.15. The van der Waals surface area contributed by atoms with E-state index in [0.29, 0.717) is 11.9 Å². The third-order valence-corrected chi connectivity index (χ3v) is 2.72. The Morgan fingerprint density at radius 3 is 2.12 bits per heavy atom. The molecular weight excluding hydrogens is 198 g/mol. The van der Waals surface area contributed by atoms with Gasteiger partial charge in [-0.2, -0.15) is 0 Å². The minimum atomic E-state index is 0.242. The van der Waals surface area contributed by atoms with Crippen LogP contribution in [0.2, 0.25) is 0 Å². The van der Waals surface area contributed by atoms with Gasteiger partial charge in [-0.15, -0.1) is 0 Å². The topological polar surface area (TPSA) is 41.6 Å². The van der Waals surface area contributed by atoms with Gasteiger partial charge in [-0.25, -0.2) is 0 Å². The number of rotatable bonds is 6. The molecular formula is C13H29N3. The molecule has 96 valence electrons. The Morgan fingerprint density at radius 2 is 1.75 bits per heavy atom. The summed E-state index contributed by atoms with van der Waals surface area (Å²) in [6, 6.07) is 0. The summed E-state index contributed by atoms with van der Waals surface area (Å²) in [6.07, 6.45) is 1.18. The Hall–Kier alpha value is -0.730. The smallest absolute Gasteiger partial charge is 0.191 e. The van der Waals surface area contributed by atoms with Crippen LogP contribution in [0.15, 0.2) is 4.99 Å². The van der Waals surface area contributed by atoms with Crippen molar-refractivity contribution < 1.29 is 0 Å². The van der Waals surface area contributed by atoms with E-state index in [1.54, 1.807) is 0 Å². The summed E-state index contributed by atoms with van der Waals surface area (Å²) in [5.74, 6) is 1.39. The van der Waals surface area contributed by atoms with Crippen molar-refractivity contribution in [3.8, 4) is 0 Å². The Bertz CT molecular complexity index is 215. The molecule has 0 bridgehead atoms. The third kappa shape index (κ3) is 5.99. The monoisotopic (exact) mass is 227 g/mol. The first kappa shape index (κ1) is 15.3. The molecule has 0 aromatic rings. The van der Waals surface area contributed by atoms with E-state index in [9.17, 15) is 0 Å². The molecule has 3 heteroatoms. The first-order valence-electron chi connectivity index (χ1n) is 6.37. The van der Waals surface area contributed by atoms with Crippen molar-refractivity contribution in [2.75, 3.05) is 19.6 Å². The van der Waals surface area contributed by atoms with Crippen LogP contribution in [-0.2, 0) is 0 Å². The summed E-state index contributed by atoms with van der Waals surface area (Å²) in [5, 5.41) is 0. The number of aliphatic imine (C=N–C) groups is 1. The van der Waals surface area contributed by atoms with Crippen molar-refractivity contribution in [3.63, 3.8) is 0 Å². The van der Waals surface area contributed by atoms with E-state index in [1.807, 2.05) is 0 Å². The molecule has 0 aliphatic heterocycles. The van der Waals surface area contributed by atoms with Crippen LogP contribution in [0.5, 0.6) is 0 Å². The summed E-state index contributed by atoms with van der Waals surface area (Å²) in [6.45, 7) is 15.9. The van der Waals surface area contributed by atoms with Gasteiger partial charge in [0.05, 0.1) is 0 Å². The summed E-state index contributed by atoms with van der Waals surface area (Å²) in [4.78, 5) is 6.60. The van der Waals surface area contributed by atoms with Crippen molar-refractivity contribution in [3.05, 3.63) is 0 Å². The van der Waals surface area contributed by atoms with Crippen molar-refractivity contribution in [2.45, 2.75) is 48.0 Å². The maximum Gasteiger partial charge on any atom is 0.191 e. The van der Waals surface area contributed by atoms with Gasteiger partial charge in [-0.05, 0) is 31.6 Å². The first-order chi connectivity index (χ1) is 7.32. The van der Waals surface area contributed by atoms with Crippen LogP contribution in [0, 0.1) is 11.3 Å². The second kappa shape index (κ2) is 6.77. The largest absolute Gasteiger partial charge is 0.370 e. The van der Waals surface area contributed by atoms with Crippen LogP contribution in [0.4, 0.5) is 0 Å². The predicted molar refractivity (Wildman–Crippen MR) is 72.6 cm³/mol. The van der Waals surface area contributed by atoms with Crippen LogP contribution in [0.1, 0.15) is 48.0 Å². The summed E-state index contributed by atoms with van der Waals surface area (Å²) in [5.41, 5.74) is 6.19. The third-order valence-electron chi connectivity index (χ3n) is 2.72. The second-order valence-corrected chi connectivity index (χ2v) is 5.61. The molecule has 0 heterocycles. The normalized spacial score (nSPS) is 13.3.